The average molecular weight is 449 g/mol. The number of hydrogen-bond acceptors (Lipinski definition) is 4. The Labute approximate surface area is 177 Å². The van der Waals surface area contributed by atoms with Gasteiger partial charge < -0.3 is 4.90 Å². The van der Waals surface area contributed by atoms with Crippen LogP contribution in [0.25, 0.3) is 10.9 Å². The van der Waals surface area contributed by atoms with Crippen LogP contribution in [0.5, 0.6) is 0 Å². The fourth-order valence-electron chi connectivity index (χ4n) is 3.54. The Bertz CT molecular complexity index is 1240. The average Bonchev–Trinajstić information content (AvgIpc) is 2.78. The molecule has 0 aliphatic carbocycles. The number of nitrogens with zero attached hydrogens (tertiary/aromatic N) is 3. The molecule has 10 heteroatoms. The van der Waals surface area contributed by atoms with Crippen LogP contribution >= 0.6 is 0 Å². The highest BCUT2D eigenvalue weighted by atomic mass is 32.2. The second-order valence-corrected chi connectivity index (χ2v) is 8.99. The Morgan fingerprint density at radius 1 is 0.871 bits per heavy atom. The van der Waals surface area contributed by atoms with Crippen LogP contribution in [0, 0.1) is 0 Å². The van der Waals surface area contributed by atoms with Crippen LogP contribution in [0.2, 0.25) is 0 Å². The molecule has 1 aliphatic heterocycles. The minimum Gasteiger partial charge on any atom is -0.335 e. The molecule has 0 atom stereocenters. The van der Waals surface area contributed by atoms with Gasteiger partial charge in [0.2, 0.25) is 10.0 Å². The number of alkyl halides is 3. The number of pyridine rings is 1. The molecular weight excluding hydrogens is 431 g/mol. The molecule has 0 saturated carbocycles. The second-order valence-electron chi connectivity index (χ2n) is 7.08. The van der Waals surface area contributed by atoms with Crippen LogP contribution in [0.1, 0.15) is 16.1 Å². The molecule has 3 aromatic rings. The van der Waals surface area contributed by atoms with Gasteiger partial charge in [-0.1, -0.05) is 36.4 Å². The number of carbonyl (C=O) groups is 1. The predicted octanol–water partition coefficient (Wildman–Crippen LogP) is 3.40. The first-order chi connectivity index (χ1) is 14.7. The van der Waals surface area contributed by atoms with Crippen molar-refractivity contribution >= 4 is 26.8 Å². The summed E-state index contributed by atoms with van der Waals surface area (Å²) in [5.41, 5.74) is -0.301. The number of rotatable bonds is 3. The van der Waals surface area contributed by atoms with Crippen molar-refractivity contribution in [3.63, 3.8) is 0 Å². The van der Waals surface area contributed by atoms with Gasteiger partial charge in [-0.3, -0.25) is 4.79 Å². The van der Waals surface area contributed by atoms with E-state index in [-0.39, 0.29) is 37.8 Å². The molecular formula is C21H18F3N3O3S. The van der Waals surface area contributed by atoms with Crippen molar-refractivity contribution < 1.29 is 26.4 Å². The monoisotopic (exact) mass is 449 g/mol. The molecule has 1 amide bonds. The molecule has 1 fully saturated rings. The molecule has 1 aliphatic rings. The first-order valence-corrected chi connectivity index (χ1v) is 10.9. The van der Waals surface area contributed by atoms with Crippen molar-refractivity contribution in [1.29, 1.82) is 0 Å². The van der Waals surface area contributed by atoms with Crippen molar-refractivity contribution in [2.75, 3.05) is 26.2 Å². The van der Waals surface area contributed by atoms with E-state index in [0.717, 1.165) is 27.9 Å². The first-order valence-electron chi connectivity index (χ1n) is 9.49. The number of para-hydroxylation sites is 1. The minimum atomic E-state index is -4.79. The van der Waals surface area contributed by atoms with Gasteiger partial charge in [0.1, 0.15) is 5.69 Å². The van der Waals surface area contributed by atoms with Gasteiger partial charge in [-0.2, -0.15) is 17.5 Å². The Morgan fingerprint density at radius 3 is 2.23 bits per heavy atom. The molecule has 0 unspecified atom stereocenters. The lowest BCUT2D eigenvalue weighted by atomic mass is 10.2. The van der Waals surface area contributed by atoms with Gasteiger partial charge in [-0.25, -0.2) is 13.4 Å². The van der Waals surface area contributed by atoms with Gasteiger partial charge in [-0.15, -0.1) is 0 Å². The number of aromatic nitrogens is 1. The summed E-state index contributed by atoms with van der Waals surface area (Å²) in [6.45, 7) is -0.0940. The third-order valence-electron chi connectivity index (χ3n) is 5.15. The molecule has 0 spiro atoms. The van der Waals surface area contributed by atoms with Crippen LogP contribution in [-0.4, -0.2) is 54.7 Å². The van der Waals surface area contributed by atoms with Crippen LogP contribution in [-0.2, 0) is 16.2 Å². The third kappa shape index (κ3) is 4.13. The van der Waals surface area contributed by atoms with E-state index in [1.54, 1.807) is 18.2 Å². The Morgan fingerprint density at radius 2 is 1.52 bits per heavy atom. The van der Waals surface area contributed by atoms with Crippen molar-refractivity contribution in [2.45, 2.75) is 11.1 Å². The smallest absolute Gasteiger partial charge is 0.335 e. The zero-order chi connectivity index (χ0) is 22.2. The van der Waals surface area contributed by atoms with E-state index < -0.39 is 26.7 Å². The van der Waals surface area contributed by atoms with Gasteiger partial charge in [0.15, 0.2) is 0 Å². The number of sulfonamides is 1. The lowest BCUT2D eigenvalue weighted by molar-refractivity contribution is -0.139. The van der Waals surface area contributed by atoms with Crippen molar-refractivity contribution in [2.24, 2.45) is 0 Å². The lowest BCUT2D eigenvalue weighted by Gasteiger charge is -2.34. The summed E-state index contributed by atoms with van der Waals surface area (Å²) in [5.74, 6) is -0.349. The van der Waals surface area contributed by atoms with Gasteiger partial charge >= 0.3 is 6.18 Å². The van der Waals surface area contributed by atoms with Gasteiger partial charge in [0.25, 0.3) is 5.91 Å². The number of benzene rings is 2. The molecule has 162 valence electrons. The molecule has 31 heavy (non-hydrogen) atoms. The van der Waals surface area contributed by atoms with E-state index in [9.17, 15) is 26.4 Å². The summed E-state index contributed by atoms with van der Waals surface area (Å²) in [4.78, 5) is 17.8. The largest absolute Gasteiger partial charge is 0.417 e. The first kappa shape index (κ1) is 21.3. The number of amides is 1. The SMILES string of the molecule is O=C(c1ccc2ccccc2n1)N1CCN(S(=O)(=O)c2ccccc2C(F)(F)F)CC1. The van der Waals surface area contributed by atoms with Crippen molar-refractivity contribution in [1.82, 2.24) is 14.2 Å². The molecule has 6 nitrogen and oxygen atoms in total. The summed E-state index contributed by atoms with van der Waals surface area (Å²) in [6, 6.07) is 14.8. The molecule has 2 heterocycles. The maximum absolute atomic E-state index is 13.3. The number of carbonyl (C=O) groups excluding carboxylic acids is 1. The highest BCUT2D eigenvalue weighted by Crippen LogP contribution is 2.35. The van der Waals surface area contributed by atoms with E-state index in [1.807, 2.05) is 18.2 Å². The van der Waals surface area contributed by atoms with Gasteiger partial charge in [-0.05, 0) is 24.3 Å². The van der Waals surface area contributed by atoms with E-state index in [4.69, 9.17) is 0 Å². The molecule has 2 aromatic carbocycles. The fraction of sp³-hybridized carbons (Fsp3) is 0.238. The minimum absolute atomic E-state index is 0.0563. The molecule has 0 radical (unpaired) electrons. The van der Waals surface area contributed by atoms with E-state index in [2.05, 4.69) is 4.98 Å². The molecule has 1 saturated heterocycles. The molecule has 1 aromatic heterocycles. The van der Waals surface area contributed by atoms with Crippen LogP contribution in [0.4, 0.5) is 13.2 Å². The van der Waals surface area contributed by atoms with E-state index in [0.29, 0.717) is 5.52 Å². The summed E-state index contributed by atoms with van der Waals surface area (Å²) >= 11 is 0. The normalized spacial score (nSPS) is 15.9. The maximum atomic E-state index is 13.3. The number of halogens is 3. The highest BCUT2D eigenvalue weighted by Gasteiger charge is 2.39. The van der Waals surface area contributed by atoms with Gasteiger partial charge in [0.05, 0.1) is 16.0 Å². The highest BCUT2D eigenvalue weighted by molar-refractivity contribution is 7.89. The summed E-state index contributed by atoms with van der Waals surface area (Å²) in [5, 5.41) is 0.887. The zero-order valence-electron chi connectivity index (χ0n) is 16.2. The fourth-order valence-corrected chi connectivity index (χ4v) is 5.18. The Hall–Kier alpha value is -2.98. The molecule has 0 bridgehead atoms. The summed E-state index contributed by atoms with van der Waals surface area (Å²) in [7, 11) is -4.36. The van der Waals surface area contributed by atoms with Crippen LogP contribution in [0.15, 0.2) is 65.6 Å². The topological polar surface area (TPSA) is 70.6 Å². The van der Waals surface area contributed by atoms with E-state index >= 15 is 0 Å². The zero-order valence-corrected chi connectivity index (χ0v) is 17.0. The second kappa shape index (κ2) is 7.93. The van der Waals surface area contributed by atoms with Crippen molar-refractivity contribution in [3.05, 3.63) is 71.9 Å². The standard InChI is InChI=1S/C21H18F3N3O3S/c22-21(23,24)16-6-2-4-8-19(16)31(29,30)27-13-11-26(12-14-27)20(28)18-10-9-15-5-1-3-7-17(15)25-18/h1-10H,11-14H2. The third-order valence-corrected chi connectivity index (χ3v) is 7.11. The lowest BCUT2D eigenvalue weighted by Crippen LogP contribution is -2.50. The predicted molar refractivity (Wildman–Crippen MR) is 108 cm³/mol. The summed E-state index contributed by atoms with van der Waals surface area (Å²) < 4.78 is 66.5. The van der Waals surface area contributed by atoms with Crippen LogP contribution < -0.4 is 0 Å². The summed E-state index contributed by atoms with van der Waals surface area (Å²) in [6.07, 6.45) is -4.79. The number of piperazine rings is 1. The van der Waals surface area contributed by atoms with Gasteiger partial charge in [0, 0.05) is 31.6 Å². The molecule has 4 rings (SSSR count). The quantitative estimate of drug-likeness (QED) is 0.615. The Kier molecular flexibility index (Phi) is 5.44. The maximum Gasteiger partial charge on any atom is 0.417 e. The molecule has 0 N–H and O–H groups in total. The number of hydrogen-bond donors (Lipinski definition) is 0. The van der Waals surface area contributed by atoms with Crippen LogP contribution in [0.3, 0.4) is 0 Å². The number of fused-ring (bicyclic) bond motifs is 1. The Balaban J connectivity index is 1.51. The van der Waals surface area contributed by atoms with E-state index in [1.165, 1.54) is 11.0 Å². The van der Waals surface area contributed by atoms with Crippen molar-refractivity contribution in [3.8, 4) is 0 Å².